The Hall–Kier alpha value is -2.19. The summed E-state index contributed by atoms with van der Waals surface area (Å²) < 4.78 is 13.0. The summed E-state index contributed by atoms with van der Waals surface area (Å²) in [6.07, 6.45) is 0.249. The Morgan fingerprint density at radius 2 is 1.96 bits per heavy atom. The number of rotatable bonds is 4. The van der Waals surface area contributed by atoms with Crippen molar-refractivity contribution in [2.24, 2.45) is 0 Å². The molecular weight excluding hydrogens is 327 g/mol. The molecule has 1 aromatic rings. The number of aliphatic hydroxyl groups excluding tert-OH is 1. The first-order valence-electron chi connectivity index (χ1n) is 8.62. The number of piperazine rings is 1. The maximum absolute atomic E-state index is 13.0. The number of hydrogen-bond donors (Lipinski definition) is 3. The van der Waals surface area contributed by atoms with Crippen LogP contribution in [0.4, 0.5) is 14.9 Å². The smallest absolute Gasteiger partial charge is 0.318 e. The van der Waals surface area contributed by atoms with E-state index >= 15 is 0 Å². The van der Waals surface area contributed by atoms with Gasteiger partial charge in [-0.1, -0.05) is 0 Å². The Bertz CT molecular complexity index is 617. The number of nitrogens with one attached hydrogen (secondary N) is 2. The van der Waals surface area contributed by atoms with Crippen LogP contribution in [-0.2, 0) is 4.79 Å². The minimum atomic E-state index is -0.345. The number of carbonyl (C=O) groups excluding carboxylic acids is 2. The summed E-state index contributed by atoms with van der Waals surface area (Å²) in [5.41, 5.74) is 0.643. The highest BCUT2D eigenvalue weighted by molar-refractivity contribution is 5.96. The van der Waals surface area contributed by atoms with Crippen LogP contribution in [0.15, 0.2) is 24.3 Å². The summed E-state index contributed by atoms with van der Waals surface area (Å²) in [6, 6.07) is 5.39. The highest BCUT2D eigenvalue weighted by Gasteiger charge is 2.33. The minimum absolute atomic E-state index is 0.0749. The van der Waals surface area contributed by atoms with Gasteiger partial charge in [-0.3, -0.25) is 4.79 Å². The Balaban J connectivity index is 1.51. The first-order chi connectivity index (χ1) is 12.1. The van der Waals surface area contributed by atoms with Crippen molar-refractivity contribution in [3.8, 4) is 0 Å². The maximum atomic E-state index is 13.0. The van der Waals surface area contributed by atoms with Gasteiger partial charge in [0.2, 0.25) is 5.91 Å². The molecule has 2 saturated heterocycles. The number of aliphatic hydroxyl groups is 1. The number of nitrogens with zero attached hydrogens (tertiary/aromatic N) is 2. The van der Waals surface area contributed by atoms with Crippen molar-refractivity contribution in [3.05, 3.63) is 30.1 Å². The fourth-order valence-electron chi connectivity index (χ4n) is 3.37. The van der Waals surface area contributed by atoms with Crippen LogP contribution in [0.2, 0.25) is 0 Å². The zero-order valence-electron chi connectivity index (χ0n) is 14.1. The molecule has 2 heterocycles. The van der Waals surface area contributed by atoms with Gasteiger partial charge in [-0.2, -0.15) is 0 Å². The van der Waals surface area contributed by atoms with E-state index in [-0.39, 0.29) is 36.8 Å². The normalized spacial score (nSPS) is 21.7. The number of quaternary nitrogens is 1. The second-order valence-corrected chi connectivity index (χ2v) is 6.54. The molecule has 0 aromatic heterocycles. The van der Waals surface area contributed by atoms with Crippen LogP contribution in [0, 0.1) is 5.82 Å². The molecule has 7 nitrogen and oxygen atoms in total. The Morgan fingerprint density at radius 3 is 2.60 bits per heavy atom. The molecule has 0 saturated carbocycles. The van der Waals surface area contributed by atoms with E-state index in [1.54, 1.807) is 21.9 Å². The van der Waals surface area contributed by atoms with E-state index in [4.69, 9.17) is 5.11 Å². The molecule has 136 valence electrons. The third-order valence-corrected chi connectivity index (χ3v) is 4.81. The molecule has 3 amide bonds. The molecule has 1 atom stereocenters. The van der Waals surface area contributed by atoms with E-state index in [1.807, 2.05) is 0 Å². The van der Waals surface area contributed by atoms with E-state index in [1.165, 1.54) is 17.0 Å². The maximum Gasteiger partial charge on any atom is 0.318 e. The van der Waals surface area contributed by atoms with Crippen molar-refractivity contribution < 1.29 is 24.0 Å². The fraction of sp³-hybridized carbons (Fsp3) is 0.529. The quantitative estimate of drug-likeness (QED) is 0.640. The first kappa shape index (κ1) is 17.6. The second kappa shape index (κ2) is 7.79. The van der Waals surface area contributed by atoms with Crippen molar-refractivity contribution >= 4 is 17.6 Å². The number of benzene rings is 1. The van der Waals surface area contributed by atoms with Crippen molar-refractivity contribution in [2.75, 3.05) is 50.8 Å². The lowest BCUT2D eigenvalue weighted by Gasteiger charge is -2.32. The predicted octanol–water partition coefficient (Wildman–Crippen LogP) is -1.17. The zero-order valence-corrected chi connectivity index (χ0v) is 14.1. The van der Waals surface area contributed by atoms with Gasteiger partial charge in [-0.15, -0.1) is 0 Å². The molecule has 2 fully saturated rings. The van der Waals surface area contributed by atoms with E-state index in [0.29, 0.717) is 31.9 Å². The monoisotopic (exact) mass is 351 g/mol. The van der Waals surface area contributed by atoms with Crippen molar-refractivity contribution in [2.45, 2.75) is 12.5 Å². The molecule has 0 bridgehead atoms. The van der Waals surface area contributed by atoms with Gasteiger partial charge in [-0.05, 0) is 24.3 Å². The summed E-state index contributed by atoms with van der Waals surface area (Å²) in [4.78, 5) is 29.2. The lowest BCUT2D eigenvalue weighted by atomic mass is 10.2. The van der Waals surface area contributed by atoms with E-state index in [0.717, 1.165) is 13.1 Å². The van der Waals surface area contributed by atoms with Crippen LogP contribution in [0.3, 0.4) is 0 Å². The van der Waals surface area contributed by atoms with Crippen LogP contribution in [0.5, 0.6) is 0 Å². The lowest BCUT2D eigenvalue weighted by Crippen LogP contribution is -3.15. The average Bonchev–Trinajstić information content (AvgIpc) is 2.97. The number of urea groups is 1. The van der Waals surface area contributed by atoms with E-state index < -0.39 is 0 Å². The topological polar surface area (TPSA) is 77.3 Å². The second-order valence-electron chi connectivity index (χ2n) is 6.54. The largest absolute Gasteiger partial charge is 0.391 e. The molecular formula is C17H24FN4O3+. The third-order valence-electron chi connectivity index (χ3n) is 4.81. The molecule has 0 unspecified atom stereocenters. The summed E-state index contributed by atoms with van der Waals surface area (Å²) in [5, 5.41) is 11.9. The predicted molar refractivity (Wildman–Crippen MR) is 89.9 cm³/mol. The van der Waals surface area contributed by atoms with Crippen molar-refractivity contribution in [1.82, 2.24) is 10.2 Å². The van der Waals surface area contributed by atoms with Crippen molar-refractivity contribution in [1.29, 1.82) is 0 Å². The van der Waals surface area contributed by atoms with Crippen LogP contribution in [0.25, 0.3) is 0 Å². The number of anilines is 1. The molecule has 25 heavy (non-hydrogen) atoms. The van der Waals surface area contributed by atoms with Gasteiger partial charge in [0.1, 0.15) is 12.4 Å². The van der Waals surface area contributed by atoms with Gasteiger partial charge in [0.15, 0.2) is 0 Å². The van der Waals surface area contributed by atoms with Gasteiger partial charge in [-0.25, -0.2) is 9.18 Å². The Labute approximate surface area is 146 Å². The minimum Gasteiger partial charge on any atom is -0.391 e. The molecule has 3 rings (SSSR count). The molecule has 1 aromatic carbocycles. The highest BCUT2D eigenvalue weighted by atomic mass is 19.1. The summed E-state index contributed by atoms with van der Waals surface area (Å²) in [6.45, 7) is 4.18. The first-order valence-corrected chi connectivity index (χ1v) is 8.62. The Morgan fingerprint density at radius 1 is 1.28 bits per heavy atom. The molecule has 8 heteroatoms. The standard InChI is InChI=1S/C17H23FN4O3/c18-13-1-3-15(4-2-13)22-12-14(11-16(22)24)19-17(25)21-7-5-20(6-8-21)9-10-23/h1-4,14,23H,5-12H2,(H,19,25)/p+1/t14-/m1/s1. The summed E-state index contributed by atoms with van der Waals surface area (Å²) >= 11 is 0. The molecule has 2 aliphatic heterocycles. The van der Waals surface area contributed by atoms with Crippen LogP contribution < -0.4 is 15.1 Å². The van der Waals surface area contributed by atoms with Crippen LogP contribution >= 0.6 is 0 Å². The van der Waals surface area contributed by atoms with Gasteiger partial charge in [0, 0.05) is 18.7 Å². The lowest BCUT2D eigenvalue weighted by molar-refractivity contribution is -0.904. The van der Waals surface area contributed by atoms with Gasteiger partial charge >= 0.3 is 6.03 Å². The van der Waals surface area contributed by atoms with Gasteiger partial charge in [0.05, 0.1) is 38.8 Å². The molecule has 0 radical (unpaired) electrons. The molecule has 0 aliphatic carbocycles. The van der Waals surface area contributed by atoms with Gasteiger partial charge < -0.3 is 25.1 Å². The molecule has 2 aliphatic rings. The number of carbonyl (C=O) groups is 2. The number of halogens is 1. The average molecular weight is 351 g/mol. The van der Waals surface area contributed by atoms with Crippen LogP contribution in [0.1, 0.15) is 6.42 Å². The molecule has 0 spiro atoms. The Kier molecular flexibility index (Phi) is 5.50. The number of hydrogen-bond acceptors (Lipinski definition) is 3. The van der Waals surface area contributed by atoms with E-state index in [2.05, 4.69) is 5.32 Å². The summed E-state index contributed by atoms with van der Waals surface area (Å²) in [5.74, 6) is -0.420. The highest BCUT2D eigenvalue weighted by Crippen LogP contribution is 2.21. The zero-order chi connectivity index (χ0) is 17.8. The third kappa shape index (κ3) is 4.26. The van der Waals surface area contributed by atoms with Gasteiger partial charge in [0.25, 0.3) is 0 Å². The fourth-order valence-corrected chi connectivity index (χ4v) is 3.37. The number of amides is 3. The van der Waals surface area contributed by atoms with Crippen LogP contribution in [-0.4, -0.2) is 73.9 Å². The van der Waals surface area contributed by atoms with E-state index in [9.17, 15) is 14.0 Å². The summed E-state index contributed by atoms with van der Waals surface area (Å²) in [7, 11) is 0. The van der Waals surface area contributed by atoms with Crippen molar-refractivity contribution in [3.63, 3.8) is 0 Å². The molecule has 3 N–H and O–H groups in total. The SMILES string of the molecule is O=C(N[C@@H]1CC(=O)N(c2ccc(F)cc2)C1)N1CC[NH+](CCO)CC1.